The van der Waals surface area contributed by atoms with Gasteiger partial charge in [0.25, 0.3) is 0 Å². The molecule has 5 heteroatoms. The number of fused-ring (bicyclic) bond motifs is 1. The van der Waals surface area contributed by atoms with E-state index in [4.69, 9.17) is 4.74 Å². The SMILES string of the molecule is COc1ccc(CN(C)C(=O)[C@@]23CCCC[C@H]2CNC3)cc1O. The van der Waals surface area contributed by atoms with Crippen molar-refractivity contribution < 1.29 is 14.6 Å². The van der Waals surface area contributed by atoms with Crippen LogP contribution in [0.25, 0.3) is 0 Å². The Bertz CT molecular complexity index is 590. The maximum absolute atomic E-state index is 13.1. The Labute approximate surface area is 137 Å². The normalized spacial score (nSPS) is 26.6. The van der Waals surface area contributed by atoms with Gasteiger partial charge in [0.05, 0.1) is 12.5 Å². The summed E-state index contributed by atoms with van der Waals surface area (Å²) in [7, 11) is 3.39. The first-order chi connectivity index (χ1) is 11.1. The summed E-state index contributed by atoms with van der Waals surface area (Å²) < 4.78 is 5.06. The van der Waals surface area contributed by atoms with Gasteiger partial charge < -0.3 is 20.1 Å². The van der Waals surface area contributed by atoms with Crippen molar-refractivity contribution >= 4 is 5.91 Å². The number of nitrogens with zero attached hydrogens (tertiary/aromatic N) is 1. The van der Waals surface area contributed by atoms with Crippen molar-refractivity contribution in [2.75, 3.05) is 27.2 Å². The lowest BCUT2D eigenvalue weighted by Gasteiger charge is -2.39. The Morgan fingerprint density at radius 1 is 1.48 bits per heavy atom. The minimum Gasteiger partial charge on any atom is -0.504 e. The Hall–Kier alpha value is -1.75. The third kappa shape index (κ3) is 2.90. The first-order valence-electron chi connectivity index (χ1n) is 8.39. The molecule has 0 unspecified atom stereocenters. The minimum absolute atomic E-state index is 0.113. The number of rotatable bonds is 4. The number of methoxy groups -OCH3 is 1. The smallest absolute Gasteiger partial charge is 0.230 e. The van der Waals surface area contributed by atoms with Crippen LogP contribution >= 0.6 is 0 Å². The zero-order valence-corrected chi connectivity index (χ0v) is 14.0. The number of benzene rings is 1. The molecule has 1 amide bonds. The summed E-state index contributed by atoms with van der Waals surface area (Å²) >= 11 is 0. The molecular formula is C18H26N2O3. The molecular weight excluding hydrogens is 292 g/mol. The second-order valence-corrected chi connectivity index (χ2v) is 6.90. The van der Waals surface area contributed by atoms with Gasteiger partial charge in [0.2, 0.25) is 5.91 Å². The van der Waals surface area contributed by atoms with Crippen LogP contribution in [0.1, 0.15) is 31.2 Å². The molecule has 0 aromatic heterocycles. The third-order valence-corrected chi connectivity index (χ3v) is 5.47. The van der Waals surface area contributed by atoms with Crippen molar-refractivity contribution in [1.29, 1.82) is 0 Å². The number of hydrogen-bond donors (Lipinski definition) is 2. The number of carbonyl (C=O) groups is 1. The molecule has 2 aliphatic rings. The lowest BCUT2D eigenvalue weighted by Crippen LogP contribution is -2.48. The quantitative estimate of drug-likeness (QED) is 0.893. The molecule has 2 N–H and O–H groups in total. The Morgan fingerprint density at radius 2 is 2.30 bits per heavy atom. The molecule has 0 spiro atoms. The Kier molecular flexibility index (Phi) is 4.48. The standard InChI is InChI=1S/C18H26N2O3/c1-20(11-13-6-7-16(23-2)15(21)9-13)17(22)18-8-4-3-5-14(18)10-19-12-18/h6-7,9,14,19,21H,3-5,8,10-12H2,1-2H3/t14-,18+/m0/s1. The summed E-state index contributed by atoms with van der Waals surface area (Å²) in [6.45, 7) is 2.27. The van der Waals surface area contributed by atoms with Crippen LogP contribution in [0.4, 0.5) is 0 Å². The number of ether oxygens (including phenoxy) is 1. The number of aromatic hydroxyl groups is 1. The average molecular weight is 318 g/mol. The van der Waals surface area contributed by atoms with E-state index >= 15 is 0 Å². The molecule has 2 fully saturated rings. The maximum atomic E-state index is 13.1. The van der Waals surface area contributed by atoms with Gasteiger partial charge in [-0.2, -0.15) is 0 Å². The van der Waals surface area contributed by atoms with Gasteiger partial charge in [-0.1, -0.05) is 18.9 Å². The molecule has 1 saturated carbocycles. The molecule has 1 aromatic carbocycles. The number of phenolic OH excluding ortho intramolecular Hbond substituents is 1. The fraction of sp³-hybridized carbons (Fsp3) is 0.611. The second-order valence-electron chi connectivity index (χ2n) is 6.90. The van der Waals surface area contributed by atoms with Gasteiger partial charge in [0, 0.05) is 20.1 Å². The summed E-state index contributed by atoms with van der Waals surface area (Å²) in [5, 5.41) is 13.3. The molecule has 2 atom stereocenters. The summed E-state index contributed by atoms with van der Waals surface area (Å²) in [6.07, 6.45) is 4.51. The fourth-order valence-corrected chi connectivity index (χ4v) is 4.23. The van der Waals surface area contributed by atoms with E-state index in [9.17, 15) is 9.90 Å². The highest BCUT2D eigenvalue weighted by molar-refractivity contribution is 5.83. The van der Waals surface area contributed by atoms with Crippen molar-refractivity contribution in [3.05, 3.63) is 23.8 Å². The van der Waals surface area contributed by atoms with Crippen LogP contribution in [0.3, 0.4) is 0 Å². The van der Waals surface area contributed by atoms with Crippen LogP contribution in [-0.2, 0) is 11.3 Å². The predicted molar refractivity (Wildman–Crippen MR) is 88.4 cm³/mol. The predicted octanol–water partition coefficient (Wildman–Crippen LogP) is 2.14. The highest BCUT2D eigenvalue weighted by Crippen LogP contribution is 2.45. The van der Waals surface area contributed by atoms with Gasteiger partial charge >= 0.3 is 0 Å². The molecule has 1 saturated heterocycles. The van der Waals surface area contributed by atoms with E-state index < -0.39 is 0 Å². The summed E-state index contributed by atoms with van der Waals surface area (Å²) in [5.74, 6) is 1.27. The average Bonchev–Trinajstić information content (AvgIpc) is 2.99. The van der Waals surface area contributed by atoms with E-state index in [1.807, 2.05) is 18.0 Å². The first kappa shape index (κ1) is 16.1. The molecule has 0 bridgehead atoms. The Morgan fingerprint density at radius 3 is 3.04 bits per heavy atom. The van der Waals surface area contributed by atoms with Gasteiger partial charge in [-0.15, -0.1) is 0 Å². The molecule has 23 heavy (non-hydrogen) atoms. The third-order valence-electron chi connectivity index (χ3n) is 5.47. The molecule has 1 aliphatic carbocycles. The van der Waals surface area contributed by atoms with Crippen LogP contribution in [0.2, 0.25) is 0 Å². The monoisotopic (exact) mass is 318 g/mol. The lowest BCUT2D eigenvalue weighted by molar-refractivity contribution is -0.144. The summed E-state index contributed by atoms with van der Waals surface area (Å²) in [6, 6.07) is 5.30. The number of nitrogens with one attached hydrogen (secondary N) is 1. The van der Waals surface area contributed by atoms with Gasteiger partial charge in [-0.3, -0.25) is 4.79 Å². The number of amides is 1. The Balaban J connectivity index is 1.73. The van der Waals surface area contributed by atoms with Crippen molar-refractivity contribution in [2.24, 2.45) is 11.3 Å². The topological polar surface area (TPSA) is 61.8 Å². The molecule has 1 aromatic rings. The van der Waals surface area contributed by atoms with Gasteiger partial charge in [-0.25, -0.2) is 0 Å². The molecule has 5 nitrogen and oxygen atoms in total. The van der Waals surface area contributed by atoms with Crippen molar-refractivity contribution in [1.82, 2.24) is 10.2 Å². The molecule has 3 rings (SSSR count). The molecule has 126 valence electrons. The van der Waals surface area contributed by atoms with E-state index in [0.29, 0.717) is 18.2 Å². The molecule has 0 radical (unpaired) electrons. The van der Waals surface area contributed by atoms with Gasteiger partial charge in [0.15, 0.2) is 11.5 Å². The number of hydrogen-bond acceptors (Lipinski definition) is 4. The van der Waals surface area contributed by atoms with Crippen LogP contribution in [0, 0.1) is 11.3 Å². The zero-order chi connectivity index (χ0) is 16.4. The second kappa shape index (κ2) is 6.40. The van der Waals surface area contributed by atoms with Crippen molar-refractivity contribution in [2.45, 2.75) is 32.2 Å². The lowest BCUT2D eigenvalue weighted by atomic mass is 9.67. The van der Waals surface area contributed by atoms with Gasteiger partial charge in [0.1, 0.15) is 0 Å². The van der Waals surface area contributed by atoms with E-state index in [2.05, 4.69) is 5.32 Å². The van der Waals surface area contributed by atoms with E-state index in [0.717, 1.165) is 37.9 Å². The van der Waals surface area contributed by atoms with E-state index in [1.54, 1.807) is 12.1 Å². The minimum atomic E-state index is -0.221. The zero-order valence-electron chi connectivity index (χ0n) is 14.0. The van der Waals surface area contributed by atoms with Crippen LogP contribution in [0.5, 0.6) is 11.5 Å². The largest absolute Gasteiger partial charge is 0.504 e. The van der Waals surface area contributed by atoms with Crippen molar-refractivity contribution in [3.63, 3.8) is 0 Å². The van der Waals surface area contributed by atoms with Gasteiger partial charge in [-0.05, 0) is 43.0 Å². The molecule has 1 heterocycles. The maximum Gasteiger partial charge on any atom is 0.230 e. The highest BCUT2D eigenvalue weighted by atomic mass is 16.5. The van der Waals surface area contributed by atoms with Crippen LogP contribution in [-0.4, -0.2) is 43.2 Å². The van der Waals surface area contributed by atoms with Crippen LogP contribution < -0.4 is 10.1 Å². The van der Waals surface area contributed by atoms with Crippen LogP contribution in [0.15, 0.2) is 18.2 Å². The summed E-state index contributed by atoms with van der Waals surface area (Å²) in [4.78, 5) is 14.9. The highest BCUT2D eigenvalue weighted by Gasteiger charge is 2.50. The van der Waals surface area contributed by atoms with E-state index in [-0.39, 0.29) is 17.1 Å². The fourth-order valence-electron chi connectivity index (χ4n) is 4.23. The molecule has 1 aliphatic heterocycles. The first-order valence-corrected chi connectivity index (χ1v) is 8.39. The number of carbonyl (C=O) groups excluding carboxylic acids is 1. The number of phenols is 1. The van der Waals surface area contributed by atoms with E-state index in [1.165, 1.54) is 13.5 Å². The van der Waals surface area contributed by atoms with Crippen molar-refractivity contribution in [3.8, 4) is 11.5 Å². The summed E-state index contributed by atoms with van der Waals surface area (Å²) in [5.41, 5.74) is 0.690.